The van der Waals surface area contributed by atoms with Gasteiger partial charge in [0.2, 0.25) is 0 Å². The highest BCUT2D eigenvalue weighted by atomic mass is 32.1. The summed E-state index contributed by atoms with van der Waals surface area (Å²) in [4.78, 5) is 4.21. The Labute approximate surface area is 116 Å². The first-order chi connectivity index (χ1) is 9.20. The van der Waals surface area contributed by atoms with Crippen molar-refractivity contribution < 1.29 is 9.13 Å². The van der Waals surface area contributed by atoms with Crippen molar-refractivity contribution in [3.8, 4) is 5.75 Å². The van der Waals surface area contributed by atoms with Gasteiger partial charge in [-0.2, -0.15) is 0 Å². The molecular weight excluding hydrogens is 263 g/mol. The zero-order chi connectivity index (χ0) is 13.7. The van der Waals surface area contributed by atoms with Crippen molar-refractivity contribution >= 4 is 11.3 Å². The molecule has 1 N–H and O–H groups in total. The van der Waals surface area contributed by atoms with E-state index in [-0.39, 0.29) is 11.9 Å². The number of halogens is 1. The molecule has 0 amide bonds. The molecule has 0 aliphatic rings. The number of benzene rings is 1. The topological polar surface area (TPSA) is 34.1 Å². The van der Waals surface area contributed by atoms with E-state index in [9.17, 15) is 4.39 Å². The van der Waals surface area contributed by atoms with E-state index >= 15 is 0 Å². The van der Waals surface area contributed by atoms with Crippen LogP contribution in [0.5, 0.6) is 5.75 Å². The summed E-state index contributed by atoms with van der Waals surface area (Å²) in [6.07, 6.45) is 0.853. The summed E-state index contributed by atoms with van der Waals surface area (Å²) in [6.45, 7) is 2.72. The van der Waals surface area contributed by atoms with Gasteiger partial charge in [-0.05, 0) is 13.0 Å². The highest BCUT2D eigenvalue weighted by molar-refractivity contribution is 7.07. The number of methoxy groups -OCH3 is 1. The lowest BCUT2D eigenvalue weighted by Gasteiger charge is -2.15. The van der Waals surface area contributed by atoms with Crippen LogP contribution in [0, 0.1) is 5.82 Å². The summed E-state index contributed by atoms with van der Waals surface area (Å²) < 4.78 is 18.8. The number of hydrogen-bond acceptors (Lipinski definition) is 4. The van der Waals surface area contributed by atoms with Crippen molar-refractivity contribution in [1.82, 2.24) is 10.3 Å². The third-order valence-electron chi connectivity index (χ3n) is 2.99. The molecule has 0 fully saturated rings. The van der Waals surface area contributed by atoms with E-state index in [1.165, 1.54) is 13.2 Å². The monoisotopic (exact) mass is 280 g/mol. The Hall–Kier alpha value is -1.46. The van der Waals surface area contributed by atoms with Crippen LogP contribution >= 0.6 is 11.3 Å². The zero-order valence-electron chi connectivity index (χ0n) is 11.0. The molecule has 0 saturated carbocycles. The van der Waals surface area contributed by atoms with Gasteiger partial charge in [-0.1, -0.05) is 6.07 Å². The van der Waals surface area contributed by atoms with Crippen LogP contribution in [0.4, 0.5) is 4.39 Å². The molecule has 2 aromatic rings. The van der Waals surface area contributed by atoms with Crippen LogP contribution in [-0.4, -0.2) is 18.6 Å². The summed E-state index contributed by atoms with van der Waals surface area (Å²) >= 11 is 1.59. The predicted octanol–water partition coefficient (Wildman–Crippen LogP) is 3.18. The van der Waals surface area contributed by atoms with Crippen molar-refractivity contribution in [2.75, 3.05) is 13.7 Å². The SMILES string of the molecule is COc1ccc(C(C)NCCc2cscn2)c(F)c1. The molecule has 0 radical (unpaired) electrons. The lowest BCUT2D eigenvalue weighted by atomic mass is 10.1. The first-order valence-corrected chi connectivity index (χ1v) is 7.09. The smallest absolute Gasteiger partial charge is 0.131 e. The van der Waals surface area contributed by atoms with Gasteiger partial charge in [-0.3, -0.25) is 0 Å². The molecule has 1 atom stereocenters. The number of aromatic nitrogens is 1. The van der Waals surface area contributed by atoms with Gasteiger partial charge in [0, 0.05) is 36.0 Å². The van der Waals surface area contributed by atoms with Crippen LogP contribution in [0.15, 0.2) is 29.1 Å². The number of rotatable bonds is 6. The molecular formula is C14H17FN2OS. The first kappa shape index (κ1) is 14.0. The van der Waals surface area contributed by atoms with Gasteiger partial charge in [0.1, 0.15) is 11.6 Å². The van der Waals surface area contributed by atoms with E-state index in [2.05, 4.69) is 10.3 Å². The maximum atomic E-state index is 13.9. The Bertz CT molecular complexity index is 516. The fourth-order valence-electron chi connectivity index (χ4n) is 1.87. The van der Waals surface area contributed by atoms with Crippen molar-refractivity contribution in [3.63, 3.8) is 0 Å². The van der Waals surface area contributed by atoms with E-state index in [4.69, 9.17) is 4.74 Å². The maximum absolute atomic E-state index is 13.9. The van der Waals surface area contributed by atoms with Crippen LogP contribution in [0.25, 0.3) is 0 Å². The minimum absolute atomic E-state index is 0.0375. The summed E-state index contributed by atoms with van der Waals surface area (Å²) in [5.41, 5.74) is 3.54. The molecule has 2 rings (SSSR count). The third kappa shape index (κ3) is 3.75. The molecule has 0 aliphatic carbocycles. The van der Waals surface area contributed by atoms with Crippen molar-refractivity contribution in [2.45, 2.75) is 19.4 Å². The molecule has 3 nitrogen and oxygen atoms in total. The quantitative estimate of drug-likeness (QED) is 0.882. The Morgan fingerprint density at radius 2 is 2.32 bits per heavy atom. The number of ether oxygens (including phenoxy) is 1. The van der Waals surface area contributed by atoms with Gasteiger partial charge >= 0.3 is 0 Å². The van der Waals surface area contributed by atoms with E-state index in [1.54, 1.807) is 23.5 Å². The fraction of sp³-hybridized carbons (Fsp3) is 0.357. The van der Waals surface area contributed by atoms with E-state index in [0.717, 1.165) is 18.7 Å². The highest BCUT2D eigenvalue weighted by Crippen LogP contribution is 2.21. The molecule has 1 unspecified atom stereocenters. The summed E-state index contributed by atoms with van der Waals surface area (Å²) in [5.74, 6) is 0.295. The molecule has 0 bridgehead atoms. The van der Waals surface area contributed by atoms with Crippen LogP contribution in [0.2, 0.25) is 0 Å². The highest BCUT2D eigenvalue weighted by Gasteiger charge is 2.11. The lowest BCUT2D eigenvalue weighted by Crippen LogP contribution is -2.22. The molecule has 1 aromatic carbocycles. The fourth-order valence-corrected chi connectivity index (χ4v) is 2.47. The molecule has 0 spiro atoms. The van der Waals surface area contributed by atoms with Crippen molar-refractivity contribution in [2.24, 2.45) is 0 Å². The Morgan fingerprint density at radius 3 is 2.95 bits per heavy atom. The second-order valence-corrected chi connectivity index (χ2v) is 5.01. The number of hydrogen-bond donors (Lipinski definition) is 1. The minimum Gasteiger partial charge on any atom is -0.497 e. The van der Waals surface area contributed by atoms with Gasteiger partial charge < -0.3 is 10.1 Å². The number of nitrogens with zero attached hydrogens (tertiary/aromatic N) is 1. The van der Waals surface area contributed by atoms with Gasteiger partial charge in [-0.25, -0.2) is 9.37 Å². The van der Waals surface area contributed by atoms with Crippen molar-refractivity contribution in [3.05, 3.63) is 46.2 Å². The van der Waals surface area contributed by atoms with Gasteiger partial charge in [0.05, 0.1) is 18.3 Å². The summed E-state index contributed by atoms with van der Waals surface area (Å²) in [6, 6.07) is 4.91. The van der Waals surface area contributed by atoms with Crippen molar-refractivity contribution in [1.29, 1.82) is 0 Å². The maximum Gasteiger partial charge on any atom is 0.131 e. The summed E-state index contributed by atoms with van der Waals surface area (Å²) in [5, 5.41) is 5.33. The van der Waals surface area contributed by atoms with Gasteiger partial charge in [-0.15, -0.1) is 11.3 Å². The molecule has 102 valence electrons. The van der Waals surface area contributed by atoms with Gasteiger partial charge in [0.25, 0.3) is 0 Å². The molecule has 1 aromatic heterocycles. The van der Waals surface area contributed by atoms with Crippen LogP contribution in [-0.2, 0) is 6.42 Å². The largest absolute Gasteiger partial charge is 0.497 e. The first-order valence-electron chi connectivity index (χ1n) is 6.14. The minimum atomic E-state index is -0.243. The third-order valence-corrected chi connectivity index (χ3v) is 3.62. The molecule has 0 aliphatic heterocycles. The molecule has 19 heavy (non-hydrogen) atoms. The number of thiazole rings is 1. The molecule has 5 heteroatoms. The molecule has 0 saturated heterocycles. The predicted molar refractivity (Wildman–Crippen MR) is 75.2 cm³/mol. The summed E-state index contributed by atoms with van der Waals surface area (Å²) in [7, 11) is 1.53. The standard InChI is InChI=1S/C14H17FN2OS/c1-10(16-6-5-11-8-19-9-17-11)13-4-3-12(18-2)7-14(13)15/h3-4,7-10,16H,5-6H2,1-2H3. The number of nitrogens with one attached hydrogen (secondary N) is 1. The zero-order valence-corrected chi connectivity index (χ0v) is 11.8. The van der Waals surface area contributed by atoms with Gasteiger partial charge in [0.15, 0.2) is 0 Å². The van der Waals surface area contributed by atoms with E-state index in [1.807, 2.05) is 17.8 Å². The Balaban J connectivity index is 1.90. The average molecular weight is 280 g/mol. The van der Waals surface area contributed by atoms with Crippen LogP contribution in [0.3, 0.4) is 0 Å². The molecule has 1 heterocycles. The Kier molecular flexibility index (Phi) is 4.87. The normalized spacial score (nSPS) is 12.4. The van der Waals surface area contributed by atoms with Crippen LogP contribution < -0.4 is 10.1 Å². The second-order valence-electron chi connectivity index (χ2n) is 4.29. The average Bonchev–Trinajstić information content (AvgIpc) is 2.91. The van der Waals surface area contributed by atoms with E-state index in [0.29, 0.717) is 11.3 Å². The van der Waals surface area contributed by atoms with Crippen LogP contribution in [0.1, 0.15) is 24.2 Å². The Morgan fingerprint density at radius 1 is 1.47 bits per heavy atom. The second kappa shape index (κ2) is 6.63. The lowest BCUT2D eigenvalue weighted by molar-refractivity contribution is 0.409. The van der Waals surface area contributed by atoms with E-state index < -0.39 is 0 Å².